The maximum atomic E-state index is 8.79. The summed E-state index contributed by atoms with van der Waals surface area (Å²) in [7, 11) is 1.55. The van der Waals surface area contributed by atoms with Crippen molar-refractivity contribution in [1.82, 2.24) is 0 Å². The van der Waals surface area contributed by atoms with Gasteiger partial charge in [0.05, 0.1) is 31.2 Å². The molecule has 0 heterocycles. The fourth-order valence-corrected chi connectivity index (χ4v) is 1.38. The maximum absolute atomic E-state index is 8.79. The molecule has 0 spiro atoms. The zero-order chi connectivity index (χ0) is 10.6. The van der Waals surface area contributed by atoms with Crippen molar-refractivity contribution in [1.29, 1.82) is 10.5 Å². The molecule has 0 saturated carbocycles. The zero-order valence-corrected chi connectivity index (χ0v) is 8.16. The van der Waals surface area contributed by atoms with Gasteiger partial charge in [0.15, 0.2) is 0 Å². The number of benzene rings is 1. The number of methoxy groups -OCH3 is 1. The third-order valence-corrected chi connectivity index (χ3v) is 2.08. The number of hydrogen-bond acceptors (Lipinski definition) is 3. The monoisotopic (exact) mass is 186 g/mol. The molecule has 1 aromatic rings. The Balaban J connectivity index is 3.31. The number of rotatable bonds is 2. The van der Waals surface area contributed by atoms with E-state index < -0.39 is 0 Å². The van der Waals surface area contributed by atoms with Crippen molar-refractivity contribution in [2.75, 3.05) is 7.11 Å². The SMILES string of the molecule is COc1c(CC#N)ccc(C#N)c1C. The Kier molecular flexibility index (Phi) is 3.09. The van der Waals surface area contributed by atoms with Crippen molar-refractivity contribution < 1.29 is 4.74 Å². The van der Waals surface area contributed by atoms with Crippen LogP contribution in [0.25, 0.3) is 0 Å². The van der Waals surface area contributed by atoms with Gasteiger partial charge >= 0.3 is 0 Å². The molecule has 0 atom stereocenters. The van der Waals surface area contributed by atoms with Crippen molar-refractivity contribution in [3.63, 3.8) is 0 Å². The van der Waals surface area contributed by atoms with Crippen LogP contribution in [0.3, 0.4) is 0 Å². The first-order valence-electron chi connectivity index (χ1n) is 4.18. The van der Waals surface area contributed by atoms with Crippen LogP contribution in [0.4, 0.5) is 0 Å². The molecular weight excluding hydrogens is 176 g/mol. The summed E-state index contributed by atoms with van der Waals surface area (Å²) in [6, 6.07) is 7.61. The molecule has 1 aromatic carbocycles. The molecule has 14 heavy (non-hydrogen) atoms. The van der Waals surface area contributed by atoms with Crippen molar-refractivity contribution in [3.8, 4) is 17.9 Å². The predicted octanol–water partition coefficient (Wildman–Crippen LogP) is 1.94. The summed E-state index contributed by atoms with van der Waals surface area (Å²) in [6.45, 7) is 1.82. The summed E-state index contributed by atoms with van der Waals surface area (Å²) >= 11 is 0. The van der Waals surface area contributed by atoms with Crippen LogP contribution in [0.1, 0.15) is 16.7 Å². The molecular formula is C11H10N2O. The fraction of sp³-hybridized carbons (Fsp3) is 0.273. The zero-order valence-electron chi connectivity index (χ0n) is 8.16. The Bertz CT molecular complexity index is 424. The smallest absolute Gasteiger partial charge is 0.127 e. The summed E-state index contributed by atoms with van der Waals surface area (Å²) in [5, 5.41) is 17.4. The van der Waals surface area contributed by atoms with E-state index in [1.807, 2.05) is 6.92 Å². The lowest BCUT2D eigenvalue weighted by atomic mass is 10.0. The number of hydrogen-bond donors (Lipinski definition) is 0. The number of nitriles is 2. The topological polar surface area (TPSA) is 56.8 Å². The van der Waals surface area contributed by atoms with Gasteiger partial charge in [0, 0.05) is 11.1 Å². The normalized spacial score (nSPS) is 8.86. The van der Waals surface area contributed by atoms with Crippen LogP contribution in [0, 0.1) is 29.6 Å². The Labute approximate surface area is 83.2 Å². The Morgan fingerprint density at radius 1 is 1.36 bits per heavy atom. The van der Waals surface area contributed by atoms with E-state index in [1.54, 1.807) is 19.2 Å². The molecule has 0 bridgehead atoms. The summed E-state index contributed by atoms with van der Waals surface area (Å²) in [4.78, 5) is 0. The van der Waals surface area contributed by atoms with Gasteiger partial charge in [0.2, 0.25) is 0 Å². The van der Waals surface area contributed by atoms with Gasteiger partial charge in [0.25, 0.3) is 0 Å². The lowest BCUT2D eigenvalue weighted by molar-refractivity contribution is 0.407. The van der Waals surface area contributed by atoms with E-state index in [0.29, 0.717) is 17.7 Å². The molecule has 0 radical (unpaired) electrons. The Morgan fingerprint density at radius 2 is 2.07 bits per heavy atom. The molecule has 0 unspecified atom stereocenters. The number of ether oxygens (including phenoxy) is 1. The first kappa shape index (κ1) is 10.1. The Morgan fingerprint density at radius 3 is 2.57 bits per heavy atom. The maximum Gasteiger partial charge on any atom is 0.127 e. The molecule has 0 fully saturated rings. The molecule has 0 aliphatic rings. The molecule has 0 N–H and O–H groups in total. The second kappa shape index (κ2) is 4.30. The van der Waals surface area contributed by atoms with Crippen molar-refractivity contribution in [3.05, 3.63) is 28.8 Å². The van der Waals surface area contributed by atoms with Crippen molar-refractivity contribution in [2.45, 2.75) is 13.3 Å². The van der Waals surface area contributed by atoms with E-state index >= 15 is 0 Å². The molecule has 0 aliphatic heterocycles. The largest absolute Gasteiger partial charge is 0.496 e. The van der Waals surface area contributed by atoms with E-state index in [2.05, 4.69) is 12.1 Å². The van der Waals surface area contributed by atoms with Crippen LogP contribution in [-0.4, -0.2) is 7.11 Å². The van der Waals surface area contributed by atoms with Gasteiger partial charge in [0.1, 0.15) is 5.75 Å². The second-order valence-electron chi connectivity index (χ2n) is 2.88. The third kappa shape index (κ3) is 1.67. The van der Waals surface area contributed by atoms with Gasteiger partial charge in [-0.3, -0.25) is 0 Å². The van der Waals surface area contributed by atoms with Crippen LogP contribution in [0.2, 0.25) is 0 Å². The van der Waals surface area contributed by atoms with Gasteiger partial charge in [-0.2, -0.15) is 10.5 Å². The molecule has 0 aliphatic carbocycles. The van der Waals surface area contributed by atoms with E-state index in [4.69, 9.17) is 15.3 Å². The molecule has 0 aromatic heterocycles. The summed E-state index contributed by atoms with van der Waals surface area (Å²) in [5.74, 6) is 0.644. The van der Waals surface area contributed by atoms with E-state index in [0.717, 1.165) is 11.1 Å². The van der Waals surface area contributed by atoms with Gasteiger partial charge in [-0.05, 0) is 13.0 Å². The quantitative estimate of drug-likeness (QED) is 0.709. The van der Waals surface area contributed by atoms with Crippen LogP contribution in [0.15, 0.2) is 12.1 Å². The molecule has 70 valence electrons. The van der Waals surface area contributed by atoms with Gasteiger partial charge < -0.3 is 4.74 Å². The molecule has 1 rings (SSSR count). The lowest BCUT2D eigenvalue weighted by Crippen LogP contribution is -1.96. The highest BCUT2D eigenvalue weighted by molar-refractivity contribution is 5.51. The predicted molar refractivity (Wildman–Crippen MR) is 51.8 cm³/mol. The summed E-state index contributed by atoms with van der Waals surface area (Å²) in [5.41, 5.74) is 2.21. The highest BCUT2D eigenvalue weighted by Gasteiger charge is 2.09. The molecule has 3 nitrogen and oxygen atoms in total. The van der Waals surface area contributed by atoms with Crippen LogP contribution >= 0.6 is 0 Å². The summed E-state index contributed by atoms with van der Waals surface area (Å²) < 4.78 is 5.17. The van der Waals surface area contributed by atoms with Gasteiger partial charge in [-0.15, -0.1) is 0 Å². The molecule has 0 amide bonds. The molecule has 3 heteroatoms. The van der Waals surface area contributed by atoms with E-state index in [9.17, 15) is 0 Å². The highest BCUT2D eigenvalue weighted by atomic mass is 16.5. The minimum Gasteiger partial charge on any atom is -0.496 e. The minimum atomic E-state index is 0.301. The highest BCUT2D eigenvalue weighted by Crippen LogP contribution is 2.26. The average molecular weight is 186 g/mol. The molecule has 0 saturated heterocycles. The number of nitrogens with zero attached hydrogens (tertiary/aromatic N) is 2. The van der Waals surface area contributed by atoms with Crippen LogP contribution in [0.5, 0.6) is 5.75 Å². The van der Waals surface area contributed by atoms with Gasteiger partial charge in [-0.1, -0.05) is 6.07 Å². The first-order chi connectivity index (χ1) is 6.74. The minimum absolute atomic E-state index is 0.301. The van der Waals surface area contributed by atoms with Crippen LogP contribution in [-0.2, 0) is 6.42 Å². The average Bonchev–Trinajstić information content (AvgIpc) is 2.19. The lowest BCUT2D eigenvalue weighted by Gasteiger charge is -2.09. The van der Waals surface area contributed by atoms with Crippen LogP contribution < -0.4 is 4.74 Å². The van der Waals surface area contributed by atoms with E-state index in [-0.39, 0.29) is 0 Å². The Hall–Kier alpha value is -2.00. The standard InChI is InChI=1S/C11H10N2O/c1-8-10(7-13)4-3-9(5-6-12)11(8)14-2/h3-4H,5H2,1-2H3. The fourth-order valence-electron chi connectivity index (χ4n) is 1.38. The summed E-state index contributed by atoms with van der Waals surface area (Å²) in [6.07, 6.45) is 0.301. The van der Waals surface area contributed by atoms with E-state index in [1.165, 1.54) is 0 Å². The third-order valence-electron chi connectivity index (χ3n) is 2.08. The van der Waals surface area contributed by atoms with Gasteiger partial charge in [-0.25, -0.2) is 0 Å². The van der Waals surface area contributed by atoms with Crippen molar-refractivity contribution >= 4 is 0 Å². The second-order valence-corrected chi connectivity index (χ2v) is 2.88. The first-order valence-corrected chi connectivity index (χ1v) is 4.18. The van der Waals surface area contributed by atoms with Crippen molar-refractivity contribution in [2.24, 2.45) is 0 Å².